The predicted octanol–water partition coefficient (Wildman–Crippen LogP) is 2.64. The lowest BCUT2D eigenvalue weighted by atomic mass is 9.98. The Kier molecular flexibility index (Phi) is 7.22. The first kappa shape index (κ1) is 22.4. The van der Waals surface area contributed by atoms with Gasteiger partial charge in [-0.2, -0.15) is 4.31 Å². The highest BCUT2D eigenvalue weighted by Crippen LogP contribution is 2.27. The molecule has 2 heterocycles. The Bertz CT molecular complexity index is 1010. The third-order valence-electron chi connectivity index (χ3n) is 4.96. The van der Waals surface area contributed by atoms with Gasteiger partial charge in [-0.25, -0.2) is 18.2 Å². The number of aromatic nitrogens is 1. The number of methoxy groups -OCH3 is 1. The SMILES string of the molecule is CCc1nc(COC(=O)C2CCN(S(=O)(=O)c3ccccc3C(=O)OC)CC2)cs1. The van der Waals surface area contributed by atoms with Crippen molar-refractivity contribution in [2.75, 3.05) is 20.2 Å². The highest BCUT2D eigenvalue weighted by molar-refractivity contribution is 7.89. The molecule has 8 nitrogen and oxygen atoms in total. The zero-order valence-electron chi connectivity index (χ0n) is 16.9. The number of piperidine rings is 1. The molecule has 1 saturated heterocycles. The lowest BCUT2D eigenvalue weighted by Gasteiger charge is -2.30. The molecule has 3 rings (SSSR count). The molecule has 0 spiro atoms. The van der Waals surface area contributed by atoms with Crippen LogP contribution in [0.5, 0.6) is 0 Å². The number of ether oxygens (including phenoxy) is 2. The lowest BCUT2D eigenvalue weighted by molar-refractivity contribution is -0.151. The maximum atomic E-state index is 13.0. The van der Waals surface area contributed by atoms with Crippen LogP contribution in [0, 0.1) is 5.92 Å². The smallest absolute Gasteiger partial charge is 0.339 e. The van der Waals surface area contributed by atoms with Crippen LogP contribution in [0.2, 0.25) is 0 Å². The Balaban J connectivity index is 1.61. The second-order valence-electron chi connectivity index (χ2n) is 6.86. The minimum atomic E-state index is -3.88. The number of hydrogen-bond donors (Lipinski definition) is 0. The minimum absolute atomic E-state index is 0.00348. The van der Waals surface area contributed by atoms with Crippen molar-refractivity contribution in [3.63, 3.8) is 0 Å². The number of carbonyl (C=O) groups excluding carboxylic acids is 2. The maximum Gasteiger partial charge on any atom is 0.339 e. The van der Waals surface area contributed by atoms with E-state index in [4.69, 9.17) is 9.47 Å². The Hall–Kier alpha value is -2.30. The maximum absolute atomic E-state index is 13.0. The van der Waals surface area contributed by atoms with Crippen molar-refractivity contribution in [3.8, 4) is 0 Å². The summed E-state index contributed by atoms with van der Waals surface area (Å²) in [6.45, 7) is 2.49. The van der Waals surface area contributed by atoms with Crippen LogP contribution in [0.1, 0.15) is 40.8 Å². The van der Waals surface area contributed by atoms with Crippen molar-refractivity contribution >= 4 is 33.3 Å². The van der Waals surface area contributed by atoms with Crippen molar-refractivity contribution in [2.24, 2.45) is 5.92 Å². The van der Waals surface area contributed by atoms with Crippen molar-refractivity contribution < 1.29 is 27.5 Å². The largest absolute Gasteiger partial charge is 0.465 e. The van der Waals surface area contributed by atoms with Crippen LogP contribution in [0.4, 0.5) is 0 Å². The van der Waals surface area contributed by atoms with Gasteiger partial charge in [-0.05, 0) is 31.4 Å². The van der Waals surface area contributed by atoms with E-state index < -0.39 is 16.0 Å². The van der Waals surface area contributed by atoms with Gasteiger partial charge in [0.15, 0.2) is 0 Å². The Morgan fingerprint density at radius 2 is 1.93 bits per heavy atom. The summed E-state index contributed by atoms with van der Waals surface area (Å²) in [6, 6.07) is 5.96. The summed E-state index contributed by atoms with van der Waals surface area (Å²) in [5.74, 6) is -1.41. The van der Waals surface area contributed by atoms with Crippen LogP contribution in [0.15, 0.2) is 34.5 Å². The fourth-order valence-electron chi connectivity index (χ4n) is 3.28. The number of hydrogen-bond acceptors (Lipinski definition) is 8. The first-order valence-electron chi connectivity index (χ1n) is 9.64. The summed E-state index contributed by atoms with van der Waals surface area (Å²) in [4.78, 5) is 28.6. The van der Waals surface area contributed by atoms with Crippen molar-refractivity contribution in [1.82, 2.24) is 9.29 Å². The zero-order valence-corrected chi connectivity index (χ0v) is 18.5. The number of aryl methyl sites for hydroxylation is 1. The third-order valence-corrected chi connectivity index (χ3v) is 7.96. The van der Waals surface area contributed by atoms with E-state index in [9.17, 15) is 18.0 Å². The van der Waals surface area contributed by atoms with E-state index >= 15 is 0 Å². The van der Waals surface area contributed by atoms with E-state index in [-0.39, 0.29) is 42.0 Å². The quantitative estimate of drug-likeness (QED) is 0.595. The van der Waals surface area contributed by atoms with Crippen LogP contribution < -0.4 is 0 Å². The van der Waals surface area contributed by atoms with E-state index in [0.29, 0.717) is 12.8 Å². The van der Waals surface area contributed by atoms with Crippen molar-refractivity contribution in [1.29, 1.82) is 0 Å². The van der Waals surface area contributed by atoms with Crippen LogP contribution >= 0.6 is 11.3 Å². The monoisotopic (exact) mass is 452 g/mol. The number of carbonyl (C=O) groups is 2. The molecule has 1 aliphatic heterocycles. The van der Waals surface area contributed by atoms with Gasteiger partial charge in [0.1, 0.15) is 6.61 Å². The van der Waals surface area contributed by atoms with Gasteiger partial charge in [-0.15, -0.1) is 11.3 Å². The molecule has 10 heteroatoms. The van der Waals surface area contributed by atoms with Crippen LogP contribution in [0.25, 0.3) is 0 Å². The highest BCUT2D eigenvalue weighted by Gasteiger charge is 2.34. The molecule has 0 amide bonds. The van der Waals surface area contributed by atoms with E-state index in [0.717, 1.165) is 17.1 Å². The molecular weight excluding hydrogens is 428 g/mol. The summed E-state index contributed by atoms with van der Waals surface area (Å²) in [6.07, 6.45) is 1.55. The second-order valence-corrected chi connectivity index (χ2v) is 9.71. The first-order valence-corrected chi connectivity index (χ1v) is 12.0. The molecule has 2 aromatic rings. The average Bonchev–Trinajstić information content (AvgIpc) is 3.25. The number of benzene rings is 1. The molecule has 1 aromatic carbocycles. The summed E-state index contributed by atoms with van der Waals surface area (Å²) in [5.41, 5.74) is 0.723. The van der Waals surface area contributed by atoms with Gasteiger partial charge in [-0.1, -0.05) is 19.1 Å². The molecule has 1 aliphatic rings. The molecule has 0 unspecified atom stereocenters. The van der Waals surface area contributed by atoms with Crippen molar-refractivity contribution in [3.05, 3.63) is 45.9 Å². The molecule has 0 bridgehead atoms. The van der Waals surface area contributed by atoms with E-state index in [1.807, 2.05) is 12.3 Å². The lowest BCUT2D eigenvalue weighted by Crippen LogP contribution is -2.41. The topological polar surface area (TPSA) is 103 Å². The molecule has 0 N–H and O–H groups in total. The van der Waals surface area contributed by atoms with Gasteiger partial charge in [0, 0.05) is 18.5 Å². The molecule has 1 fully saturated rings. The van der Waals surface area contributed by atoms with Crippen molar-refractivity contribution in [2.45, 2.75) is 37.7 Å². The second kappa shape index (κ2) is 9.67. The molecule has 1 aromatic heterocycles. The molecule has 0 radical (unpaired) electrons. The summed E-state index contributed by atoms with van der Waals surface area (Å²) < 4.78 is 37.4. The number of sulfonamides is 1. The molecule has 0 atom stereocenters. The molecule has 30 heavy (non-hydrogen) atoms. The summed E-state index contributed by atoms with van der Waals surface area (Å²) in [7, 11) is -2.67. The summed E-state index contributed by atoms with van der Waals surface area (Å²) in [5, 5.41) is 2.87. The van der Waals surface area contributed by atoms with Crippen LogP contribution in [-0.2, 0) is 37.3 Å². The Morgan fingerprint density at radius 1 is 1.23 bits per heavy atom. The van der Waals surface area contributed by atoms with Gasteiger partial charge in [0.05, 0.1) is 34.2 Å². The number of rotatable bonds is 7. The van der Waals surface area contributed by atoms with Crippen LogP contribution in [-0.4, -0.2) is 49.8 Å². The van der Waals surface area contributed by atoms with Gasteiger partial charge >= 0.3 is 11.9 Å². The van der Waals surface area contributed by atoms with Gasteiger partial charge in [-0.3, -0.25) is 4.79 Å². The van der Waals surface area contributed by atoms with Gasteiger partial charge < -0.3 is 9.47 Å². The number of thiazole rings is 1. The first-order chi connectivity index (χ1) is 14.4. The summed E-state index contributed by atoms with van der Waals surface area (Å²) >= 11 is 1.53. The molecule has 162 valence electrons. The van der Waals surface area contributed by atoms with E-state index in [1.54, 1.807) is 12.1 Å². The minimum Gasteiger partial charge on any atom is -0.465 e. The third kappa shape index (κ3) is 4.88. The predicted molar refractivity (Wildman–Crippen MR) is 111 cm³/mol. The molecule has 0 saturated carbocycles. The van der Waals surface area contributed by atoms with Gasteiger partial charge in [0.2, 0.25) is 10.0 Å². The van der Waals surface area contributed by atoms with E-state index in [2.05, 4.69) is 4.98 Å². The fourth-order valence-corrected chi connectivity index (χ4v) is 5.66. The fraction of sp³-hybridized carbons (Fsp3) is 0.450. The normalized spacial score (nSPS) is 15.7. The standard InChI is InChI=1S/C20H24N2O6S2/c1-3-18-21-15(13-29-18)12-28-19(23)14-8-10-22(11-9-14)30(25,26)17-7-5-4-6-16(17)20(24)27-2/h4-7,13-14H,3,8-12H2,1-2H3. The number of nitrogens with zero attached hydrogens (tertiary/aromatic N) is 2. The zero-order chi connectivity index (χ0) is 21.7. The number of esters is 2. The van der Waals surface area contributed by atoms with Gasteiger partial charge in [0.25, 0.3) is 0 Å². The molecule has 0 aliphatic carbocycles. The Labute approximate surface area is 179 Å². The van der Waals surface area contributed by atoms with Crippen LogP contribution in [0.3, 0.4) is 0 Å². The van der Waals surface area contributed by atoms with E-state index in [1.165, 1.54) is 34.9 Å². The highest BCUT2D eigenvalue weighted by atomic mass is 32.2. The Morgan fingerprint density at radius 3 is 2.57 bits per heavy atom. The molecular formula is C20H24N2O6S2. The average molecular weight is 453 g/mol.